The zero-order valence-corrected chi connectivity index (χ0v) is 14.9. The Kier molecular flexibility index (Phi) is 4.61. The Labute approximate surface area is 153 Å². The summed E-state index contributed by atoms with van der Waals surface area (Å²) in [5, 5.41) is 3.02. The summed E-state index contributed by atoms with van der Waals surface area (Å²) >= 11 is 0. The molecule has 1 aliphatic heterocycles. The number of nitrogens with one attached hydrogen (secondary N) is 1. The molecular formula is C21H23N3O2. The van der Waals surface area contributed by atoms with Gasteiger partial charge in [-0.2, -0.15) is 0 Å². The third-order valence-electron chi connectivity index (χ3n) is 4.94. The van der Waals surface area contributed by atoms with E-state index < -0.39 is 0 Å². The summed E-state index contributed by atoms with van der Waals surface area (Å²) in [6.45, 7) is 3.16. The van der Waals surface area contributed by atoms with Crippen molar-refractivity contribution in [2.24, 2.45) is 0 Å². The maximum atomic E-state index is 12.3. The molecule has 4 rings (SSSR count). The fraction of sp³-hybridized carbons (Fsp3) is 0.333. The number of aromatic nitrogens is 2. The first kappa shape index (κ1) is 16.6. The molecule has 1 aliphatic rings. The van der Waals surface area contributed by atoms with E-state index in [-0.39, 0.29) is 12.0 Å². The second-order valence-corrected chi connectivity index (χ2v) is 6.74. The molecule has 0 radical (unpaired) electrons. The van der Waals surface area contributed by atoms with Crippen molar-refractivity contribution in [1.82, 2.24) is 14.9 Å². The second kappa shape index (κ2) is 7.20. The van der Waals surface area contributed by atoms with Crippen molar-refractivity contribution in [3.63, 3.8) is 0 Å². The molecule has 1 atom stereocenters. The highest BCUT2D eigenvalue weighted by atomic mass is 16.5. The van der Waals surface area contributed by atoms with Crippen LogP contribution in [-0.2, 0) is 17.8 Å². The van der Waals surface area contributed by atoms with Gasteiger partial charge in [0.05, 0.1) is 17.6 Å². The number of rotatable bonds is 5. The minimum absolute atomic E-state index is 0.0460. The van der Waals surface area contributed by atoms with Crippen LogP contribution in [0.5, 0.6) is 5.75 Å². The van der Waals surface area contributed by atoms with Crippen LogP contribution in [0.15, 0.2) is 48.5 Å². The number of hydrogen-bond acceptors (Lipinski definition) is 3. The standard InChI is InChI=1S/C21H23N3O2/c1-15-23-18-7-3-4-8-19(18)24(15)13-12-21(25)22-14-17-11-10-16-6-2-5-9-20(16)26-17/h2-9,17H,10-14H2,1H3,(H,22,25)/t17-/m1/s1. The summed E-state index contributed by atoms with van der Waals surface area (Å²) in [5.74, 6) is 1.93. The van der Waals surface area contributed by atoms with Crippen LogP contribution in [-0.4, -0.2) is 28.1 Å². The minimum atomic E-state index is 0.0460. The molecule has 26 heavy (non-hydrogen) atoms. The Hall–Kier alpha value is -2.82. The smallest absolute Gasteiger partial charge is 0.221 e. The van der Waals surface area contributed by atoms with E-state index in [4.69, 9.17) is 4.74 Å². The molecule has 0 saturated carbocycles. The molecule has 0 spiro atoms. The van der Waals surface area contributed by atoms with Crippen molar-refractivity contribution >= 4 is 16.9 Å². The van der Waals surface area contributed by atoms with Crippen LogP contribution in [0.25, 0.3) is 11.0 Å². The molecule has 2 heterocycles. The maximum absolute atomic E-state index is 12.3. The van der Waals surface area contributed by atoms with E-state index in [0.717, 1.165) is 35.4 Å². The first-order valence-corrected chi connectivity index (χ1v) is 9.14. The Bertz CT molecular complexity index is 932. The van der Waals surface area contributed by atoms with Gasteiger partial charge in [-0.05, 0) is 43.5 Å². The molecular weight excluding hydrogens is 326 g/mol. The number of nitrogens with zero attached hydrogens (tertiary/aromatic N) is 2. The van der Waals surface area contributed by atoms with Crippen molar-refractivity contribution in [1.29, 1.82) is 0 Å². The van der Waals surface area contributed by atoms with Crippen LogP contribution in [0, 0.1) is 6.92 Å². The molecule has 1 amide bonds. The number of fused-ring (bicyclic) bond motifs is 2. The molecule has 2 aromatic carbocycles. The molecule has 0 fully saturated rings. The van der Waals surface area contributed by atoms with Gasteiger partial charge in [0, 0.05) is 13.0 Å². The third kappa shape index (κ3) is 3.43. The van der Waals surface area contributed by atoms with E-state index in [1.807, 2.05) is 49.4 Å². The highest BCUT2D eigenvalue weighted by Gasteiger charge is 2.19. The van der Waals surface area contributed by atoms with Crippen LogP contribution >= 0.6 is 0 Å². The molecule has 0 unspecified atom stereocenters. The maximum Gasteiger partial charge on any atom is 0.221 e. The predicted molar refractivity (Wildman–Crippen MR) is 101 cm³/mol. The molecule has 134 valence electrons. The lowest BCUT2D eigenvalue weighted by atomic mass is 10.0. The van der Waals surface area contributed by atoms with Gasteiger partial charge in [-0.15, -0.1) is 0 Å². The van der Waals surface area contributed by atoms with Gasteiger partial charge in [-0.3, -0.25) is 4.79 Å². The van der Waals surface area contributed by atoms with Gasteiger partial charge in [0.2, 0.25) is 5.91 Å². The largest absolute Gasteiger partial charge is 0.488 e. The monoisotopic (exact) mass is 349 g/mol. The van der Waals surface area contributed by atoms with E-state index >= 15 is 0 Å². The Morgan fingerprint density at radius 3 is 2.96 bits per heavy atom. The van der Waals surface area contributed by atoms with Crippen molar-refractivity contribution in [2.75, 3.05) is 6.54 Å². The lowest BCUT2D eigenvalue weighted by Gasteiger charge is -2.26. The van der Waals surface area contributed by atoms with Gasteiger partial charge >= 0.3 is 0 Å². The fourth-order valence-corrected chi connectivity index (χ4v) is 3.53. The average molecular weight is 349 g/mol. The van der Waals surface area contributed by atoms with Crippen molar-refractivity contribution < 1.29 is 9.53 Å². The van der Waals surface area contributed by atoms with Gasteiger partial charge in [0.15, 0.2) is 0 Å². The SMILES string of the molecule is Cc1nc2ccccc2n1CCC(=O)NC[C@H]1CCc2ccccc2O1. The van der Waals surface area contributed by atoms with Gasteiger partial charge < -0.3 is 14.6 Å². The topological polar surface area (TPSA) is 56.2 Å². The van der Waals surface area contributed by atoms with E-state index in [9.17, 15) is 4.79 Å². The zero-order chi connectivity index (χ0) is 17.9. The number of amides is 1. The number of imidazole rings is 1. The molecule has 5 nitrogen and oxygen atoms in total. The number of aryl methyl sites for hydroxylation is 3. The molecule has 0 bridgehead atoms. The fourth-order valence-electron chi connectivity index (χ4n) is 3.53. The Morgan fingerprint density at radius 1 is 1.23 bits per heavy atom. The van der Waals surface area contributed by atoms with Crippen molar-refractivity contribution in [3.05, 3.63) is 59.9 Å². The van der Waals surface area contributed by atoms with E-state index in [2.05, 4.69) is 20.9 Å². The lowest BCUT2D eigenvalue weighted by Crippen LogP contribution is -2.37. The summed E-state index contributed by atoms with van der Waals surface area (Å²) < 4.78 is 8.08. The quantitative estimate of drug-likeness (QED) is 0.769. The molecule has 1 aromatic heterocycles. The number of carbonyl (C=O) groups excluding carboxylic acids is 1. The summed E-state index contributed by atoms with van der Waals surface area (Å²) in [7, 11) is 0. The Morgan fingerprint density at radius 2 is 2.04 bits per heavy atom. The van der Waals surface area contributed by atoms with Gasteiger partial charge in [0.25, 0.3) is 0 Å². The summed E-state index contributed by atoms with van der Waals surface area (Å²) in [5.41, 5.74) is 3.29. The van der Waals surface area contributed by atoms with E-state index in [1.165, 1.54) is 5.56 Å². The second-order valence-electron chi connectivity index (χ2n) is 6.74. The average Bonchev–Trinajstić information content (AvgIpc) is 2.99. The normalized spacial score (nSPS) is 16.1. The highest BCUT2D eigenvalue weighted by molar-refractivity contribution is 5.78. The minimum Gasteiger partial charge on any atom is -0.488 e. The van der Waals surface area contributed by atoms with Gasteiger partial charge in [-0.1, -0.05) is 30.3 Å². The number of carbonyl (C=O) groups is 1. The van der Waals surface area contributed by atoms with Crippen molar-refractivity contribution in [2.45, 2.75) is 38.8 Å². The highest BCUT2D eigenvalue weighted by Crippen LogP contribution is 2.26. The molecule has 0 aliphatic carbocycles. The molecule has 3 aromatic rings. The Balaban J connectivity index is 1.30. The molecule has 5 heteroatoms. The predicted octanol–water partition coefficient (Wildman–Crippen LogP) is 3.24. The van der Waals surface area contributed by atoms with Crippen molar-refractivity contribution in [3.8, 4) is 5.75 Å². The third-order valence-corrected chi connectivity index (χ3v) is 4.94. The lowest BCUT2D eigenvalue weighted by molar-refractivity contribution is -0.121. The summed E-state index contributed by atoms with van der Waals surface area (Å²) in [6.07, 6.45) is 2.41. The van der Waals surface area contributed by atoms with Crippen LogP contribution in [0.1, 0.15) is 24.2 Å². The van der Waals surface area contributed by atoms with E-state index in [0.29, 0.717) is 19.5 Å². The van der Waals surface area contributed by atoms with E-state index in [1.54, 1.807) is 0 Å². The first-order valence-electron chi connectivity index (χ1n) is 9.14. The van der Waals surface area contributed by atoms with Crippen LogP contribution in [0.4, 0.5) is 0 Å². The van der Waals surface area contributed by atoms with Crippen LogP contribution in [0.2, 0.25) is 0 Å². The van der Waals surface area contributed by atoms with Gasteiger partial charge in [0.1, 0.15) is 17.7 Å². The van der Waals surface area contributed by atoms with Crippen LogP contribution < -0.4 is 10.1 Å². The number of benzene rings is 2. The number of hydrogen-bond donors (Lipinski definition) is 1. The first-order chi connectivity index (χ1) is 12.7. The van der Waals surface area contributed by atoms with Gasteiger partial charge in [-0.25, -0.2) is 4.98 Å². The molecule has 1 N–H and O–H groups in total. The molecule has 0 saturated heterocycles. The number of ether oxygens (including phenoxy) is 1. The van der Waals surface area contributed by atoms with Crippen LogP contribution in [0.3, 0.4) is 0 Å². The summed E-state index contributed by atoms with van der Waals surface area (Å²) in [6, 6.07) is 16.1. The summed E-state index contributed by atoms with van der Waals surface area (Å²) in [4.78, 5) is 16.8. The zero-order valence-electron chi connectivity index (χ0n) is 14.9. The number of para-hydroxylation sites is 3.